The Balaban J connectivity index is 3.15. The second-order valence-electron chi connectivity index (χ2n) is 3.45. The first-order chi connectivity index (χ1) is 9.28. The zero-order valence-corrected chi connectivity index (χ0v) is 12.7. The minimum Gasteiger partial charge on any atom is -0.494 e. The Morgan fingerprint density at radius 3 is 2.60 bits per heavy atom. The molecule has 0 aliphatic heterocycles. The fourth-order valence-electron chi connectivity index (χ4n) is 1.33. The van der Waals surface area contributed by atoms with Gasteiger partial charge in [-0.2, -0.15) is 0 Å². The molecule has 0 saturated carbocycles. The van der Waals surface area contributed by atoms with Gasteiger partial charge in [0.25, 0.3) is 0 Å². The number of hydrogen-bond acceptors (Lipinski definition) is 5. The monoisotopic (exact) mass is 405 g/mol. The normalized spacial score (nSPS) is 11.1. The van der Waals surface area contributed by atoms with Gasteiger partial charge in [-0.05, 0) is 29.5 Å². The number of alkyl halides is 3. The topological polar surface area (TPSA) is 57.7 Å². The van der Waals surface area contributed by atoms with Gasteiger partial charge >= 0.3 is 12.3 Å². The van der Waals surface area contributed by atoms with Crippen LogP contribution in [0.5, 0.6) is 11.5 Å². The van der Waals surface area contributed by atoms with Crippen LogP contribution in [0.3, 0.4) is 0 Å². The van der Waals surface area contributed by atoms with E-state index in [0.717, 1.165) is 0 Å². The summed E-state index contributed by atoms with van der Waals surface area (Å²) in [6.45, 7) is 1.72. The summed E-state index contributed by atoms with van der Waals surface area (Å²) < 4.78 is 50.8. The molecule has 0 bridgehead atoms. The zero-order valence-electron chi connectivity index (χ0n) is 10.6. The molecule has 0 radical (unpaired) electrons. The molecule has 1 aromatic heterocycles. The molecule has 0 unspecified atom stereocenters. The summed E-state index contributed by atoms with van der Waals surface area (Å²) in [4.78, 5) is 15.1. The van der Waals surface area contributed by atoms with Crippen LogP contribution in [0.4, 0.5) is 13.2 Å². The van der Waals surface area contributed by atoms with Gasteiger partial charge in [-0.15, -0.1) is 13.2 Å². The van der Waals surface area contributed by atoms with Crippen LogP contribution in [-0.2, 0) is 16.0 Å². The van der Waals surface area contributed by atoms with Crippen LogP contribution in [0.1, 0.15) is 12.6 Å². The number of ether oxygens (including phenoxy) is 3. The largest absolute Gasteiger partial charge is 0.573 e. The van der Waals surface area contributed by atoms with E-state index < -0.39 is 24.5 Å². The van der Waals surface area contributed by atoms with Crippen LogP contribution in [-0.4, -0.2) is 31.0 Å². The molecule has 0 amide bonds. The van der Waals surface area contributed by atoms with Crippen molar-refractivity contribution in [3.63, 3.8) is 0 Å². The van der Waals surface area contributed by atoms with Crippen molar-refractivity contribution in [2.24, 2.45) is 0 Å². The predicted octanol–water partition coefficient (Wildman–Crippen LogP) is 2.70. The van der Waals surface area contributed by atoms with Gasteiger partial charge in [0, 0.05) is 0 Å². The predicted molar refractivity (Wildman–Crippen MR) is 70.5 cm³/mol. The van der Waals surface area contributed by atoms with Gasteiger partial charge in [0.1, 0.15) is 3.57 Å². The van der Waals surface area contributed by atoms with Gasteiger partial charge in [0.2, 0.25) is 0 Å². The Labute approximate surface area is 126 Å². The van der Waals surface area contributed by atoms with E-state index in [-0.39, 0.29) is 21.6 Å². The number of halogens is 4. The molecule has 112 valence electrons. The van der Waals surface area contributed by atoms with E-state index in [1.54, 1.807) is 29.5 Å². The van der Waals surface area contributed by atoms with Gasteiger partial charge in [-0.25, -0.2) is 0 Å². The minimum absolute atomic E-state index is 0.0803. The van der Waals surface area contributed by atoms with Gasteiger partial charge < -0.3 is 14.2 Å². The first-order valence-corrected chi connectivity index (χ1v) is 6.49. The van der Waals surface area contributed by atoms with Gasteiger partial charge in [-0.3, -0.25) is 9.78 Å². The van der Waals surface area contributed by atoms with Crippen molar-refractivity contribution in [3.05, 3.63) is 15.5 Å². The first kappa shape index (κ1) is 16.8. The zero-order chi connectivity index (χ0) is 15.3. The van der Waals surface area contributed by atoms with E-state index in [9.17, 15) is 18.0 Å². The molecule has 9 heteroatoms. The summed E-state index contributed by atoms with van der Waals surface area (Å²) in [7, 11) is 1.29. The Kier molecular flexibility index (Phi) is 5.84. The molecule has 0 atom stereocenters. The van der Waals surface area contributed by atoms with E-state index in [0.29, 0.717) is 0 Å². The van der Waals surface area contributed by atoms with E-state index in [1.165, 1.54) is 13.3 Å². The van der Waals surface area contributed by atoms with E-state index in [2.05, 4.69) is 14.5 Å². The lowest BCUT2D eigenvalue weighted by molar-refractivity contribution is -0.275. The minimum atomic E-state index is -4.89. The first-order valence-electron chi connectivity index (χ1n) is 5.41. The van der Waals surface area contributed by atoms with E-state index in [1.807, 2.05) is 0 Å². The highest BCUT2D eigenvalue weighted by atomic mass is 127. The number of carbonyl (C=O) groups excluding carboxylic acids is 1. The van der Waals surface area contributed by atoms with E-state index in [4.69, 9.17) is 4.74 Å². The maximum Gasteiger partial charge on any atom is 0.573 e. The summed E-state index contributed by atoms with van der Waals surface area (Å²) in [5.74, 6) is -1.11. The fraction of sp³-hybridized carbons (Fsp3) is 0.455. The van der Waals surface area contributed by atoms with Crippen LogP contribution < -0.4 is 9.47 Å². The number of esters is 1. The third-order valence-corrected chi connectivity index (χ3v) is 3.09. The summed E-state index contributed by atoms with van der Waals surface area (Å²) in [5, 5.41) is 0. The highest BCUT2D eigenvalue weighted by Crippen LogP contribution is 2.35. The summed E-state index contributed by atoms with van der Waals surface area (Å²) in [6.07, 6.45) is -4.09. The third kappa shape index (κ3) is 4.69. The number of nitrogens with zero attached hydrogens (tertiary/aromatic N) is 1. The molecule has 1 heterocycles. The molecule has 1 aromatic rings. The quantitative estimate of drug-likeness (QED) is 0.557. The molecular formula is C11H11F3INO4. The Bertz CT molecular complexity index is 493. The van der Waals surface area contributed by atoms with E-state index >= 15 is 0 Å². The second-order valence-corrected chi connectivity index (χ2v) is 4.52. The van der Waals surface area contributed by atoms with Crippen LogP contribution in [0.15, 0.2) is 6.20 Å². The van der Waals surface area contributed by atoms with Crippen LogP contribution in [0.2, 0.25) is 0 Å². The van der Waals surface area contributed by atoms with Crippen molar-refractivity contribution in [2.75, 3.05) is 13.7 Å². The van der Waals surface area contributed by atoms with Gasteiger partial charge in [0.05, 0.1) is 32.0 Å². The average molecular weight is 405 g/mol. The maximum atomic E-state index is 12.4. The van der Waals surface area contributed by atoms with Crippen LogP contribution >= 0.6 is 22.6 Å². The maximum absolute atomic E-state index is 12.4. The molecule has 0 aliphatic carbocycles. The summed E-state index contributed by atoms with van der Waals surface area (Å²) in [5.41, 5.74) is -0.161. The molecular weight excluding hydrogens is 394 g/mol. The SMILES string of the molecule is CCOC(=O)Cc1ncc(OC)c(I)c1OC(F)(F)F. The van der Waals surface area contributed by atoms with Crippen LogP contribution in [0, 0.1) is 3.57 Å². The van der Waals surface area contributed by atoms with Crippen molar-refractivity contribution in [1.29, 1.82) is 0 Å². The Morgan fingerprint density at radius 1 is 1.45 bits per heavy atom. The fourth-order valence-corrected chi connectivity index (χ4v) is 2.11. The number of pyridine rings is 1. The molecule has 0 fully saturated rings. The molecule has 5 nitrogen and oxygen atoms in total. The Morgan fingerprint density at radius 2 is 2.10 bits per heavy atom. The number of rotatable bonds is 5. The smallest absolute Gasteiger partial charge is 0.494 e. The van der Waals surface area contributed by atoms with Crippen molar-refractivity contribution in [2.45, 2.75) is 19.7 Å². The average Bonchev–Trinajstić information content (AvgIpc) is 2.33. The Hall–Kier alpha value is -1.26. The lowest BCUT2D eigenvalue weighted by Gasteiger charge is -2.15. The highest BCUT2D eigenvalue weighted by molar-refractivity contribution is 14.1. The molecule has 0 spiro atoms. The number of hydrogen-bond donors (Lipinski definition) is 0. The van der Waals surface area contributed by atoms with Crippen molar-refractivity contribution < 1.29 is 32.2 Å². The number of methoxy groups -OCH3 is 1. The molecule has 0 aliphatic rings. The highest BCUT2D eigenvalue weighted by Gasteiger charge is 2.34. The lowest BCUT2D eigenvalue weighted by atomic mass is 10.2. The van der Waals surface area contributed by atoms with Crippen molar-refractivity contribution in [3.8, 4) is 11.5 Å². The summed E-state index contributed by atoms with van der Waals surface area (Å²) >= 11 is 1.63. The molecule has 0 N–H and O–H groups in total. The van der Waals surface area contributed by atoms with Gasteiger partial charge in [-0.1, -0.05) is 0 Å². The second kappa shape index (κ2) is 6.95. The third-order valence-electron chi connectivity index (χ3n) is 2.07. The van der Waals surface area contributed by atoms with Crippen molar-refractivity contribution >= 4 is 28.6 Å². The van der Waals surface area contributed by atoms with Crippen molar-refractivity contribution in [1.82, 2.24) is 4.98 Å². The molecule has 1 rings (SSSR count). The van der Waals surface area contributed by atoms with Crippen LogP contribution in [0.25, 0.3) is 0 Å². The number of carbonyl (C=O) groups is 1. The van der Waals surface area contributed by atoms with Gasteiger partial charge in [0.15, 0.2) is 11.5 Å². The molecule has 20 heavy (non-hydrogen) atoms. The number of aromatic nitrogens is 1. The summed E-state index contributed by atoms with van der Waals surface area (Å²) in [6, 6.07) is 0. The molecule has 0 aromatic carbocycles. The standard InChI is InChI=1S/C11H11F3INO4/c1-3-19-8(17)4-6-10(20-11(12,13)14)9(15)7(18-2)5-16-6/h5H,3-4H2,1-2H3. The molecule has 0 saturated heterocycles. The lowest BCUT2D eigenvalue weighted by Crippen LogP contribution is -2.20.